The van der Waals surface area contributed by atoms with Crippen molar-refractivity contribution in [1.82, 2.24) is 10.6 Å². The molecule has 31 heavy (non-hydrogen) atoms. The third-order valence-electron chi connectivity index (χ3n) is 4.23. The summed E-state index contributed by atoms with van der Waals surface area (Å²) in [6.07, 6.45) is 6.48. The molecule has 0 fully saturated rings. The van der Waals surface area contributed by atoms with Crippen LogP contribution in [0.5, 0.6) is 0 Å². The van der Waals surface area contributed by atoms with E-state index in [2.05, 4.69) is 10.6 Å². The summed E-state index contributed by atoms with van der Waals surface area (Å²) >= 11 is 0. The topological polar surface area (TPSA) is 120 Å². The van der Waals surface area contributed by atoms with Gasteiger partial charge in [0.2, 0.25) is 5.91 Å². The Balaban J connectivity index is 4.12. The normalized spacial score (nSPS) is 12.7. The van der Waals surface area contributed by atoms with Gasteiger partial charge in [0, 0.05) is 13.0 Å². The van der Waals surface area contributed by atoms with Crippen LogP contribution in [0.1, 0.15) is 99.3 Å². The largest absolute Gasteiger partial charge is 0.460 e. The summed E-state index contributed by atoms with van der Waals surface area (Å²) in [5.41, 5.74) is 4.47. The molecular weight excluding hydrogens is 398 g/mol. The number of carbonyl (C=O) groups is 3. The monoisotopic (exact) mass is 443 g/mol. The smallest absolute Gasteiger partial charge is 0.408 e. The summed E-state index contributed by atoms with van der Waals surface area (Å²) < 4.78 is 10.5. The van der Waals surface area contributed by atoms with Gasteiger partial charge in [-0.3, -0.25) is 9.59 Å². The second kappa shape index (κ2) is 15.1. The summed E-state index contributed by atoms with van der Waals surface area (Å²) in [7, 11) is 0. The number of carbonyl (C=O) groups excluding carboxylic acids is 3. The van der Waals surface area contributed by atoms with Crippen molar-refractivity contribution in [1.29, 1.82) is 0 Å². The number of ether oxygens (including phenoxy) is 2. The fourth-order valence-corrected chi connectivity index (χ4v) is 2.86. The Labute approximate surface area is 188 Å². The molecule has 0 radical (unpaired) electrons. The number of hydrogen-bond donors (Lipinski definition) is 3. The van der Waals surface area contributed by atoms with E-state index in [0.29, 0.717) is 25.9 Å². The molecule has 8 nitrogen and oxygen atoms in total. The van der Waals surface area contributed by atoms with Crippen LogP contribution in [0.15, 0.2) is 0 Å². The minimum Gasteiger partial charge on any atom is -0.460 e. The molecule has 1 atom stereocenters. The Hall–Kier alpha value is -1.83. The van der Waals surface area contributed by atoms with E-state index in [9.17, 15) is 14.4 Å². The first-order valence-corrected chi connectivity index (χ1v) is 11.5. The molecule has 0 aliphatic heterocycles. The van der Waals surface area contributed by atoms with Crippen molar-refractivity contribution in [3.63, 3.8) is 0 Å². The lowest BCUT2D eigenvalue weighted by Gasteiger charge is -2.23. The van der Waals surface area contributed by atoms with E-state index in [1.54, 1.807) is 20.8 Å². The van der Waals surface area contributed by atoms with Crippen LogP contribution in [0.2, 0.25) is 0 Å². The lowest BCUT2D eigenvalue weighted by Crippen LogP contribution is -2.48. The molecule has 0 saturated carbocycles. The molecule has 0 aliphatic carbocycles. The average molecular weight is 444 g/mol. The molecule has 0 aromatic rings. The Morgan fingerprint density at radius 3 is 1.97 bits per heavy atom. The number of alkyl carbamates (subject to hydrolysis) is 1. The van der Waals surface area contributed by atoms with Crippen molar-refractivity contribution >= 4 is 18.0 Å². The molecule has 0 heterocycles. The van der Waals surface area contributed by atoms with Crippen molar-refractivity contribution in [3.8, 4) is 0 Å². The molecule has 0 bridgehead atoms. The zero-order valence-corrected chi connectivity index (χ0v) is 20.5. The van der Waals surface area contributed by atoms with E-state index in [0.717, 1.165) is 44.9 Å². The molecule has 182 valence electrons. The molecule has 0 aliphatic rings. The molecule has 0 aromatic carbocycles. The molecule has 0 spiro atoms. The first-order valence-electron chi connectivity index (χ1n) is 11.5. The Kier molecular flexibility index (Phi) is 14.2. The van der Waals surface area contributed by atoms with Crippen LogP contribution in [0.25, 0.3) is 0 Å². The fraction of sp³-hybridized carbons (Fsp3) is 0.870. The van der Waals surface area contributed by atoms with E-state index in [4.69, 9.17) is 15.2 Å². The molecule has 0 rings (SSSR count). The second-order valence-corrected chi connectivity index (χ2v) is 9.88. The fourth-order valence-electron chi connectivity index (χ4n) is 2.86. The Morgan fingerprint density at radius 1 is 0.806 bits per heavy atom. The van der Waals surface area contributed by atoms with Gasteiger partial charge < -0.3 is 25.8 Å². The van der Waals surface area contributed by atoms with Gasteiger partial charge in [-0.2, -0.15) is 0 Å². The van der Waals surface area contributed by atoms with Crippen LogP contribution in [0.3, 0.4) is 0 Å². The van der Waals surface area contributed by atoms with Gasteiger partial charge in [-0.05, 0) is 80.2 Å². The van der Waals surface area contributed by atoms with E-state index < -0.39 is 23.3 Å². The summed E-state index contributed by atoms with van der Waals surface area (Å²) in [6, 6.07) is -0.629. The highest BCUT2D eigenvalue weighted by Gasteiger charge is 2.23. The molecule has 0 unspecified atom stereocenters. The van der Waals surface area contributed by atoms with Gasteiger partial charge in [-0.25, -0.2) is 4.79 Å². The number of amides is 2. The number of unbranched alkanes of at least 4 members (excludes halogenated alkanes) is 5. The summed E-state index contributed by atoms with van der Waals surface area (Å²) in [6.45, 7) is 12.0. The zero-order valence-electron chi connectivity index (χ0n) is 20.5. The highest BCUT2D eigenvalue weighted by Crippen LogP contribution is 2.12. The Bertz CT molecular complexity index is 538. The van der Waals surface area contributed by atoms with Crippen LogP contribution < -0.4 is 16.4 Å². The van der Waals surface area contributed by atoms with Gasteiger partial charge in [-0.15, -0.1) is 0 Å². The summed E-state index contributed by atoms with van der Waals surface area (Å²) in [5, 5.41) is 5.57. The van der Waals surface area contributed by atoms with Crippen LogP contribution >= 0.6 is 0 Å². The minimum absolute atomic E-state index is 0.155. The van der Waals surface area contributed by atoms with Crippen molar-refractivity contribution in [2.45, 2.75) is 117 Å². The van der Waals surface area contributed by atoms with Gasteiger partial charge in [0.25, 0.3) is 0 Å². The zero-order chi connectivity index (χ0) is 23.9. The maximum atomic E-state index is 12.5. The highest BCUT2D eigenvalue weighted by atomic mass is 16.6. The SMILES string of the molecule is CC(C)(C)OC(=O)CCCCCCCNC(=O)[C@H](CCCCN)NC(=O)OC(C)(C)C. The standard InChI is InChI=1S/C23H45N3O5/c1-22(2,3)30-19(27)15-10-8-7-9-13-17-25-20(28)18(14-11-12-16-24)26-21(29)31-23(4,5)6/h18H,7-17,24H2,1-6H3,(H,25,28)(H,26,29)/t18-/m0/s1. The lowest BCUT2D eigenvalue weighted by molar-refractivity contribution is -0.154. The minimum atomic E-state index is -0.629. The van der Waals surface area contributed by atoms with Gasteiger partial charge in [0.15, 0.2) is 0 Å². The molecule has 2 amide bonds. The van der Waals surface area contributed by atoms with Crippen LogP contribution in [-0.4, -0.2) is 48.3 Å². The number of rotatable bonds is 14. The third kappa shape index (κ3) is 18.6. The predicted octanol–water partition coefficient (Wildman–Crippen LogP) is 3.81. The quantitative estimate of drug-likeness (QED) is 0.277. The molecule has 0 aromatic heterocycles. The lowest BCUT2D eigenvalue weighted by atomic mass is 10.1. The van der Waals surface area contributed by atoms with E-state index >= 15 is 0 Å². The number of hydrogen-bond acceptors (Lipinski definition) is 6. The summed E-state index contributed by atoms with van der Waals surface area (Å²) in [4.78, 5) is 36.2. The number of nitrogens with two attached hydrogens (primary N) is 1. The Morgan fingerprint density at radius 2 is 1.39 bits per heavy atom. The maximum Gasteiger partial charge on any atom is 0.408 e. The average Bonchev–Trinajstić information content (AvgIpc) is 2.60. The molecule has 4 N–H and O–H groups in total. The van der Waals surface area contributed by atoms with Crippen molar-refractivity contribution < 1.29 is 23.9 Å². The number of esters is 1. The van der Waals surface area contributed by atoms with Crippen LogP contribution in [-0.2, 0) is 19.1 Å². The third-order valence-corrected chi connectivity index (χ3v) is 4.23. The van der Waals surface area contributed by atoms with Crippen molar-refractivity contribution in [2.24, 2.45) is 5.73 Å². The highest BCUT2D eigenvalue weighted by molar-refractivity contribution is 5.85. The second-order valence-electron chi connectivity index (χ2n) is 9.88. The molecular formula is C23H45N3O5. The van der Waals surface area contributed by atoms with Crippen molar-refractivity contribution in [3.05, 3.63) is 0 Å². The van der Waals surface area contributed by atoms with E-state index in [1.165, 1.54) is 0 Å². The molecule has 0 saturated heterocycles. The van der Waals surface area contributed by atoms with Crippen LogP contribution in [0.4, 0.5) is 4.79 Å². The summed E-state index contributed by atoms with van der Waals surface area (Å²) in [5.74, 6) is -0.356. The van der Waals surface area contributed by atoms with E-state index in [1.807, 2.05) is 20.8 Å². The van der Waals surface area contributed by atoms with Gasteiger partial charge >= 0.3 is 12.1 Å². The van der Waals surface area contributed by atoms with E-state index in [-0.39, 0.29) is 11.9 Å². The maximum absolute atomic E-state index is 12.5. The van der Waals surface area contributed by atoms with Crippen molar-refractivity contribution in [2.75, 3.05) is 13.1 Å². The number of nitrogens with one attached hydrogen (secondary N) is 2. The van der Waals surface area contributed by atoms with Gasteiger partial charge in [0.05, 0.1) is 0 Å². The van der Waals surface area contributed by atoms with Gasteiger partial charge in [-0.1, -0.05) is 19.3 Å². The van der Waals surface area contributed by atoms with Gasteiger partial charge in [0.1, 0.15) is 17.2 Å². The molecule has 8 heteroatoms. The first-order chi connectivity index (χ1) is 14.3. The van der Waals surface area contributed by atoms with Crippen LogP contribution in [0, 0.1) is 0 Å². The predicted molar refractivity (Wildman–Crippen MR) is 123 cm³/mol. The first kappa shape index (κ1) is 29.2.